The van der Waals surface area contributed by atoms with Gasteiger partial charge in [0.05, 0.1) is 6.54 Å². The van der Waals surface area contributed by atoms with Gasteiger partial charge >= 0.3 is 0 Å². The largest absolute Gasteiger partial charge is 0.340 e. The van der Waals surface area contributed by atoms with Crippen molar-refractivity contribution in [3.63, 3.8) is 0 Å². The highest BCUT2D eigenvalue weighted by molar-refractivity contribution is 7.80. The third-order valence-electron chi connectivity index (χ3n) is 3.87. The molecule has 0 fully saturated rings. The maximum atomic E-state index is 6.13. The van der Waals surface area contributed by atoms with Crippen molar-refractivity contribution in [2.75, 3.05) is 5.32 Å². The summed E-state index contributed by atoms with van der Waals surface area (Å²) in [5.74, 6) is 0. The Balaban J connectivity index is 1.79. The Hall–Kier alpha value is -1.88. The normalized spacial score (nSPS) is 10.5. The number of anilines is 1. The van der Waals surface area contributed by atoms with Crippen molar-refractivity contribution in [1.82, 2.24) is 4.90 Å². The average Bonchev–Trinajstić information content (AvgIpc) is 3.11. The van der Waals surface area contributed by atoms with Crippen molar-refractivity contribution < 1.29 is 0 Å². The summed E-state index contributed by atoms with van der Waals surface area (Å²) in [6, 6.07) is 20.4. The lowest BCUT2D eigenvalue weighted by atomic mass is 10.2. The van der Waals surface area contributed by atoms with Gasteiger partial charge in [0.15, 0.2) is 5.11 Å². The van der Waals surface area contributed by atoms with Crippen LogP contribution in [0.15, 0.2) is 66.0 Å². The number of halogens is 1. The van der Waals surface area contributed by atoms with E-state index in [2.05, 4.69) is 52.0 Å². The highest BCUT2D eigenvalue weighted by atomic mass is 35.5. The molecule has 0 aliphatic carbocycles. The molecule has 1 N–H and O–H groups in total. The van der Waals surface area contributed by atoms with E-state index >= 15 is 0 Å². The minimum atomic E-state index is 0.697. The summed E-state index contributed by atoms with van der Waals surface area (Å²) >= 11 is 13.6. The predicted octanol–water partition coefficient (Wildman–Crippen LogP) is 6.11. The first-order valence-corrected chi connectivity index (χ1v) is 9.67. The SMILES string of the molecule is Cc1ccc(Cl)cc1NC(=S)N(Cc1ccccc1)Cc1cccs1. The first kappa shape index (κ1) is 17.9. The summed E-state index contributed by atoms with van der Waals surface area (Å²) in [4.78, 5) is 3.46. The van der Waals surface area contributed by atoms with E-state index < -0.39 is 0 Å². The molecule has 2 nitrogen and oxygen atoms in total. The molecule has 128 valence electrons. The van der Waals surface area contributed by atoms with Crippen molar-refractivity contribution in [3.8, 4) is 0 Å². The second-order valence-corrected chi connectivity index (χ2v) is 7.67. The van der Waals surface area contributed by atoms with Crippen molar-refractivity contribution in [1.29, 1.82) is 0 Å². The second kappa shape index (κ2) is 8.48. The quantitative estimate of drug-likeness (QED) is 0.532. The number of aryl methyl sites for hydroxylation is 1. The average molecular weight is 387 g/mol. The molecule has 0 unspecified atom stereocenters. The Kier molecular flexibility index (Phi) is 6.08. The van der Waals surface area contributed by atoms with Gasteiger partial charge in [0.1, 0.15) is 0 Å². The molecule has 2 aromatic carbocycles. The van der Waals surface area contributed by atoms with Gasteiger partial charge in [-0.15, -0.1) is 11.3 Å². The topological polar surface area (TPSA) is 15.3 Å². The van der Waals surface area contributed by atoms with Gasteiger partial charge < -0.3 is 10.2 Å². The fourth-order valence-corrected chi connectivity index (χ4v) is 3.65. The van der Waals surface area contributed by atoms with Crippen LogP contribution in [0.1, 0.15) is 16.0 Å². The van der Waals surface area contributed by atoms with Crippen molar-refractivity contribution >= 4 is 46.0 Å². The van der Waals surface area contributed by atoms with E-state index in [1.807, 2.05) is 31.2 Å². The van der Waals surface area contributed by atoms with Crippen LogP contribution in [0.3, 0.4) is 0 Å². The predicted molar refractivity (Wildman–Crippen MR) is 112 cm³/mol. The van der Waals surface area contributed by atoms with E-state index in [1.54, 1.807) is 11.3 Å². The molecule has 3 rings (SSSR count). The molecule has 25 heavy (non-hydrogen) atoms. The van der Waals surface area contributed by atoms with E-state index in [-0.39, 0.29) is 0 Å². The van der Waals surface area contributed by atoms with E-state index in [0.29, 0.717) is 10.1 Å². The molecule has 0 aliphatic heterocycles. The zero-order chi connectivity index (χ0) is 17.6. The van der Waals surface area contributed by atoms with Crippen molar-refractivity contribution in [3.05, 3.63) is 87.1 Å². The number of nitrogens with one attached hydrogen (secondary N) is 1. The van der Waals surface area contributed by atoms with Crippen LogP contribution in [-0.4, -0.2) is 10.0 Å². The molecule has 0 bridgehead atoms. The molecule has 0 saturated carbocycles. The molecule has 5 heteroatoms. The van der Waals surface area contributed by atoms with Gasteiger partial charge in [0, 0.05) is 22.1 Å². The smallest absolute Gasteiger partial charge is 0.174 e. The van der Waals surface area contributed by atoms with Crippen LogP contribution in [-0.2, 0) is 13.1 Å². The molecule has 3 aromatic rings. The Bertz CT molecular complexity index is 832. The van der Waals surface area contributed by atoms with Gasteiger partial charge in [-0.2, -0.15) is 0 Å². The van der Waals surface area contributed by atoms with E-state index in [9.17, 15) is 0 Å². The zero-order valence-electron chi connectivity index (χ0n) is 13.9. The maximum Gasteiger partial charge on any atom is 0.174 e. The Labute approximate surface area is 163 Å². The molecular formula is C20H19ClN2S2. The number of thiophene rings is 1. The van der Waals surface area contributed by atoms with Crippen LogP contribution in [0.25, 0.3) is 0 Å². The molecule has 0 spiro atoms. The van der Waals surface area contributed by atoms with Gasteiger partial charge in [-0.3, -0.25) is 0 Å². The van der Waals surface area contributed by atoms with Gasteiger partial charge in [-0.1, -0.05) is 54.1 Å². The fraction of sp³-hybridized carbons (Fsp3) is 0.150. The van der Waals surface area contributed by atoms with Crippen LogP contribution in [0.2, 0.25) is 5.02 Å². The van der Waals surface area contributed by atoms with Crippen LogP contribution < -0.4 is 5.32 Å². The van der Waals surface area contributed by atoms with E-state index in [4.69, 9.17) is 23.8 Å². The number of thiocarbonyl (C=S) groups is 1. The highest BCUT2D eigenvalue weighted by Crippen LogP contribution is 2.22. The third-order valence-corrected chi connectivity index (χ3v) is 5.33. The number of rotatable bonds is 5. The minimum absolute atomic E-state index is 0.697. The fourth-order valence-electron chi connectivity index (χ4n) is 2.52. The molecule has 0 radical (unpaired) electrons. The number of hydrogen-bond donors (Lipinski definition) is 1. The zero-order valence-corrected chi connectivity index (χ0v) is 16.3. The first-order valence-electron chi connectivity index (χ1n) is 8.00. The minimum Gasteiger partial charge on any atom is -0.340 e. The summed E-state index contributed by atoms with van der Waals surface area (Å²) in [7, 11) is 0. The van der Waals surface area contributed by atoms with Crippen LogP contribution in [0.4, 0.5) is 5.69 Å². The summed E-state index contributed by atoms with van der Waals surface area (Å²) in [5.41, 5.74) is 3.29. The summed E-state index contributed by atoms with van der Waals surface area (Å²) in [5, 5.41) is 6.85. The third kappa shape index (κ3) is 5.05. The Morgan fingerprint density at radius 3 is 2.60 bits per heavy atom. The van der Waals surface area contributed by atoms with Crippen LogP contribution in [0, 0.1) is 6.92 Å². The molecule has 1 aromatic heterocycles. The summed E-state index contributed by atoms with van der Waals surface area (Å²) < 4.78 is 0. The monoisotopic (exact) mass is 386 g/mol. The summed E-state index contributed by atoms with van der Waals surface area (Å²) in [6.07, 6.45) is 0. The number of hydrogen-bond acceptors (Lipinski definition) is 2. The molecule has 1 heterocycles. The summed E-state index contributed by atoms with van der Waals surface area (Å²) in [6.45, 7) is 3.57. The lowest BCUT2D eigenvalue weighted by molar-refractivity contribution is 0.416. The highest BCUT2D eigenvalue weighted by Gasteiger charge is 2.13. The molecule has 0 atom stereocenters. The van der Waals surface area contributed by atoms with Crippen LogP contribution in [0.5, 0.6) is 0 Å². The van der Waals surface area contributed by atoms with Gasteiger partial charge in [-0.25, -0.2) is 0 Å². The lowest BCUT2D eigenvalue weighted by Crippen LogP contribution is -2.33. The molecular weight excluding hydrogens is 368 g/mol. The van der Waals surface area contributed by atoms with Gasteiger partial charge in [-0.05, 0) is 53.8 Å². The maximum absolute atomic E-state index is 6.13. The Morgan fingerprint density at radius 2 is 1.88 bits per heavy atom. The van der Waals surface area contributed by atoms with Gasteiger partial charge in [0.2, 0.25) is 0 Å². The number of benzene rings is 2. The van der Waals surface area contributed by atoms with E-state index in [0.717, 1.165) is 24.3 Å². The van der Waals surface area contributed by atoms with E-state index in [1.165, 1.54) is 10.4 Å². The molecule has 0 aliphatic rings. The number of nitrogens with zero attached hydrogens (tertiary/aromatic N) is 1. The van der Waals surface area contributed by atoms with Crippen molar-refractivity contribution in [2.45, 2.75) is 20.0 Å². The second-order valence-electron chi connectivity index (χ2n) is 5.81. The van der Waals surface area contributed by atoms with Gasteiger partial charge in [0.25, 0.3) is 0 Å². The molecule has 0 amide bonds. The molecule has 0 saturated heterocycles. The standard InChI is InChI=1S/C20H19ClN2S2/c1-15-9-10-17(21)12-19(15)22-20(24)23(14-18-8-5-11-25-18)13-16-6-3-2-4-7-16/h2-12H,13-14H2,1H3,(H,22,24). The van der Waals surface area contributed by atoms with Crippen LogP contribution >= 0.6 is 35.2 Å². The van der Waals surface area contributed by atoms with Crippen molar-refractivity contribution in [2.24, 2.45) is 0 Å². The Morgan fingerprint density at radius 1 is 1.08 bits per heavy atom. The first-order chi connectivity index (χ1) is 12.1. The lowest BCUT2D eigenvalue weighted by Gasteiger charge is -2.26.